The van der Waals surface area contributed by atoms with Crippen LogP contribution in [0.3, 0.4) is 0 Å². The fourth-order valence-electron chi connectivity index (χ4n) is 1.60. The Kier molecular flexibility index (Phi) is 3.40. The first-order valence-electron chi connectivity index (χ1n) is 5.25. The van der Waals surface area contributed by atoms with Crippen LogP contribution in [0.1, 0.15) is 6.42 Å². The molecule has 2 rings (SSSR count). The molecule has 2 aliphatic carbocycles. The van der Waals surface area contributed by atoms with E-state index in [9.17, 15) is 21.6 Å². The maximum Gasteiger partial charge on any atom is 0.534 e. The van der Waals surface area contributed by atoms with Crippen LogP contribution in [0, 0.1) is 0 Å². The van der Waals surface area contributed by atoms with Gasteiger partial charge in [0.25, 0.3) is 0 Å². The van der Waals surface area contributed by atoms with E-state index in [1.165, 1.54) is 12.2 Å². The van der Waals surface area contributed by atoms with Crippen molar-refractivity contribution < 1.29 is 25.8 Å². The second kappa shape index (κ2) is 4.73. The molecule has 3 nitrogen and oxygen atoms in total. The topological polar surface area (TPSA) is 43.4 Å². The Morgan fingerprint density at radius 1 is 1.05 bits per heavy atom. The maximum atomic E-state index is 12.2. The molecule has 0 amide bonds. The average Bonchev–Trinajstić information content (AvgIpc) is 2.51. The molecule has 0 fully saturated rings. The highest BCUT2D eigenvalue weighted by molar-refractivity contribution is 7.87. The van der Waals surface area contributed by atoms with E-state index < -0.39 is 15.6 Å². The van der Waals surface area contributed by atoms with E-state index in [0.29, 0.717) is 5.57 Å². The van der Waals surface area contributed by atoms with Gasteiger partial charge in [-0.15, -0.1) is 0 Å². The molecule has 102 valence electrons. The van der Waals surface area contributed by atoms with Crippen LogP contribution in [-0.4, -0.2) is 13.9 Å². The second-order valence-corrected chi connectivity index (χ2v) is 5.39. The van der Waals surface area contributed by atoms with Crippen molar-refractivity contribution in [2.75, 3.05) is 0 Å². The summed E-state index contributed by atoms with van der Waals surface area (Å²) >= 11 is 0. The summed E-state index contributed by atoms with van der Waals surface area (Å²) < 4.78 is 62.5. The zero-order chi connectivity index (χ0) is 14.1. The van der Waals surface area contributed by atoms with E-state index >= 15 is 0 Å². The summed E-state index contributed by atoms with van der Waals surface area (Å²) in [6.07, 6.45) is 11.5. The van der Waals surface area contributed by atoms with Crippen molar-refractivity contribution in [1.82, 2.24) is 0 Å². The van der Waals surface area contributed by atoms with Gasteiger partial charge in [0.15, 0.2) is 0 Å². The average molecular weight is 290 g/mol. The summed E-state index contributed by atoms with van der Waals surface area (Å²) in [6.45, 7) is 0. The predicted molar refractivity (Wildman–Crippen MR) is 63.2 cm³/mol. The Morgan fingerprint density at radius 2 is 1.79 bits per heavy atom. The highest BCUT2D eigenvalue weighted by Gasteiger charge is 2.48. The molecule has 0 bridgehead atoms. The normalized spacial score (nSPS) is 19.0. The van der Waals surface area contributed by atoms with Crippen molar-refractivity contribution in [2.24, 2.45) is 0 Å². The predicted octanol–water partition coefficient (Wildman–Crippen LogP) is 3.12. The maximum absolute atomic E-state index is 12.2. The van der Waals surface area contributed by atoms with Gasteiger partial charge in [-0.3, -0.25) is 0 Å². The van der Waals surface area contributed by atoms with E-state index in [-0.39, 0.29) is 12.2 Å². The van der Waals surface area contributed by atoms with Gasteiger partial charge in [-0.2, -0.15) is 21.6 Å². The lowest BCUT2D eigenvalue weighted by molar-refractivity contribution is -0.0522. The number of hydrogen-bond donors (Lipinski definition) is 0. The van der Waals surface area contributed by atoms with Crippen LogP contribution < -0.4 is 0 Å². The lowest BCUT2D eigenvalue weighted by Gasteiger charge is -2.17. The van der Waals surface area contributed by atoms with Crippen molar-refractivity contribution in [3.05, 3.63) is 59.4 Å². The van der Waals surface area contributed by atoms with Gasteiger partial charge < -0.3 is 4.18 Å². The molecule has 0 aliphatic heterocycles. The fraction of sp³-hybridized carbons (Fsp3) is 0.167. The molecule has 19 heavy (non-hydrogen) atoms. The summed E-state index contributed by atoms with van der Waals surface area (Å²) in [5.41, 5.74) is -3.92. The van der Waals surface area contributed by atoms with Gasteiger partial charge in [0.05, 0.1) is 0 Å². The minimum Gasteiger partial charge on any atom is -0.380 e. The molecule has 0 spiro atoms. The van der Waals surface area contributed by atoms with E-state index in [1.807, 2.05) is 0 Å². The summed E-state index contributed by atoms with van der Waals surface area (Å²) in [5.74, 6) is -0.254. The molecule has 0 heterocycles. The number of rotatable bonds is 2. The molecular formula is C12H9F3O3S. The molecule has 0 radical (unpaired) electrons. The van der Waals surface area contributed by atoms with Gasteiger partial charge in [0.2, 0.25) is 0 Å². The summed E-state index contributed by atoms with van der Waals surface area (Å²) in [5, 5.41) is 0. The standard InChI is InChI=1S/C12H9F3O3S/c13-12(14,15)19(16,17)18-11-7-6-9-4-2-1-3-5-10(9)8-11/h1-7H,8H2. The van der Waals surface area contributed by atoms with E-state index in [4.69, 9.17) is 0 Å². The van der Waals surface area contributed by atoms with Crippen molar-refractivity contribution in [2.45, 2.75) is 11.9 Å². The van der Waals surface area contributed by atoms with Crippen LogP contribution in [0.4, 0.5) is 13.2 Å². The zero-order valence-electron chi connectivity index (χ0n) is 9.52. The van der Waals surface area contributed by atoms with E-state index in [2.05, 4.69) is 4.18 Å². The van der Waals surface area contributed by atoms with Crippen molar-refractivity contribution in [1.29, 1.82) is 0 Å². The first kappa shape index (κ1) is 13.7. The molecule has 0 aromatic rings. The summed E-state index contributed by atoms with van der Waals surface area (Å²) in [7, 11) is -5.61. The van der Waals surface area contributed by atoms with Crippen molar-refractivity contribution in [3.63, 3.8) is 0 Å². The molecule has 0 N–H and O–H groups in total. The Labute approximate surface area is 108 Å². The molecule has 2 aliphatic rings. The van der Waals surface area contributed by atoms with E-state index in [1.54, 1.807) is 30.4 Å². The molecule has 0 aromatic carbocycles. The van der Waals surface area contributed by atoms with Gasteiger partial charge in [0.1, 0.15) is 5.76 Å². The minimum atomic E-state index is -5.61. The van der Waals surface area contributed by atoms with Crippen LogP contribution in [0.5, 0.6) is 0 Å². The molecule has 0 saturated heterocycles. The Morgan fingerprint density at radius 3 is 2.47 bits per heavy atom. The highest BCUT2D eigenvalue weighted by atomic mass is 32.2. The third-order valence-electron chi connectivity index (χ3n) is 2.48. The van der Waals surface area contributed by atoms with E-state index in [0.717, 1.165) is 5.57 Å². The monoisotopic (exact) mass is 290 g/mol. The number of halogens is 3. The zero-order valence-corrected chi connectivity index (χ0v) is 10.3. The molecule has 0 unspecified atom stereocenters. The SMILES string of the molecule is O=S(=O)(OC1=CC=C2C=CC=CC=C2C1)C(F)(F)F. The Hall–Kier alpha value is -1.76. The van der Waals surface area contributed by atoms with Gasteiger partial charge in [-0.05, 0) is 17.2 Å². The molecule has 7 heteroatoms. The van der Waals surface area contributed by atoms with Crippen molar-refractivity contribution in [3.8, 4) is 0 Å². The second-order valence-electron chi connectivity index (χ2n) is 3.85. The van der Waals surface area contributed by atoms with Gasteiger partial charge in [0, 0.05) is 6.42 Å². The molecular weight excluding hydrogens is 281 g/mol. The Bertz CT molecular complexity index is 632. The number of hydrogen-bond acceptors (Lipinski definition) is 3. The van der Waals surface area contributed by atoms with Crippen LogP contribution in [0.2, 0.25) is 0 Å². The smallest absolute Gasteiger partial charge is 0.380 e. The van der Waals surface area contributed by atoms with Crippen LogP contribution >= 0.6 is 0 Å². The van der Waals surface area contributed by atoms with Gasteiger partial charge >= 0.3 is 15.6 Å². The summed E-state index contributed by atoms with van der Waals surface area (Å²) in [4.78, 5) is 0. The third-order valence-corrected chi connectivity index (χ3v) is 3.48. The van der Waals surface area contributed by atoms with Crippen molar-refractivity contribution >= 4 is 10.1 Å². The largest absolute Gasteiger partial charge is 0.534 e. The van der Waals surface area contributed by atoms with Gasteiger partial charge in [-0.25, -0.2) is 0 Å². The first-order chi connectivity index (χ1) is 8.79. The third kappa shape index (κ3) is 2.98. The molecule has 0 atom stereocenters. The molecule has 0 aromatic heterocycles. The fourth-order valence-corrected chi connectivity index (χ4v) is 2.09. The number of allylic oxidation sites excluding steroid dienone is 9. The first-order valence-corrected chi connectivity index (χ1v) is 6.66. The minimum absolute atomic E-state index is 0.00414. The lowest BCUT2D eigenvalue weighted by atomic mass is 9.97. The van der Waals surface area contributed by atoms with Crippen LogP contribution in [0.25, 0.3) is 0 Å². The van der Waals surface area contributed by atoms with Crippen LogP contribution in [-0.2, 0) is 14.3 Å². The molecule has 0 saturated carbocycles. The lowest BCUT2D eigenvalue weighted by Crippen LogP contribution is -2.25. The highest BCUT2D eigenvalue weighted by Crippen LogP contribution is 2.32. The number of alkyl halides is 3. The quantitative estimate of drug-likeness (QED) is 0.579. The Balaban J connectivity index is 2.24. The number of fused-ring (bicyclic) bond motifs is 1. The van der Waals surface area contributed by atoms with Crippen LogP contribution in [0.15, 0.2) is 59.4 Å². The van der Waals surface area contributed by atoms with Gasteiger partial charge in [-0.1, -0.05) is 36.5 Å². The summed E-state index contributed by atoms with van der Waals surface area (Å²) in [6, 6.07) is 0.